The number of rotatable bonds is 5. The Hall–Kier alpha value is -3.26. The average Bonchev–Trinajstić information content (AvgIpc) is 3.16. The zero-order chi connectivity index (χ0) is 19.5. The minimum absolute atomic E-state index is 0.171. The van der Waals surface area contributed by atoms with Crippen molar-refractivity contribution in [3.05, 3.63) is 76.4 Å². The van der Waals surface area contributed by atoms with E-state index < -0.39 is 0 Å². The number of methoxy groups -OCH3 is 1. The second-order valence-electron chi connectivity index (χ2n) is 6.03. The number of halogens is 1. The third-order valence-electron chi connectivity index (χ3n) is 4.26. The number of fused-ring (bicyclic) bond motifs is 1. The van der Waals surface area contributed by atoms with Crippen LogP contribution >= 0.6 is 15.9 Å². The second-order valence-corrected chi connectivity index (χ2v) is 6.95. The van der Waals surface area contributed by atoms with Gasteiger partial charge in [-0.1, -0.05) is 21.1 Å². The number of hydrogen-bond donors (Lipinski definition) is 1. The summed E-state index contributed by atoms with van der Waals surface area (Å²) < 4.78 is 7.91. The lowest BCUT2D eigenvalue weighted by Crippen LogP contribution is -2.23. The zero-order valence-corrected chi connectivity index (χ0v) is 16.5. The molecule has 2 aromatic heterocycles. The van der Waals surface area contributed by atoms with Crippen LogP contribution in [0.15, 0.2) is 65.3 Å². The maximum Gasteiger partial charge on any atom is 0.251 e. The van der Waals surface area contributed by atoms with Crippen LogP contribution in [0, 0.1) is 0 Å². The minimum Gasteiger partial charge on any atom is -0.496 e. The van der Waals surface area contributed by atoms with E-state index in [4.69, 9.17) is 4.74 Å². The number of carbonyl (C=O) groups is 1. The van der Waals surface area contributed by atoms with E-state index in [1.54, 1.807) is 30.1 Å². The van der Waals surface area contributed by atoms with Gasteiger partial charge in [0.05, 0.1) is 12.8 Å². The van der Waals surface area contributed by atoms with Gasteiger partial charge in [0.15, 0.2) is 5.65 Å². The van der Waals surface area contributed by atoms with Gasteiger partial charge in [0.25, 0.3) is 5.91 Å². The van der Waals surface area contributed by atoms with Crippen LogP contribution in [0.1, 0.15) is 15.9 Å². The summed E-state index contributed by atoms with van der Waals surface area (Å²) in [5.41, 5.74) is 3.61. The fraction of sp³-hybridized carbons (Fsp3) is 0.100. The summed E-state index contributed by atoms with van der Waals surface area (Å²) in [6.07, 6.45) is 1.69. The Morgan fingerprint density at radius 3 is 2.79 bits per heavy atom. The molecule has 140 valence electrons. The molecule has 0 spiro atoms. The van der Waals surface area contributed by atoms with Crippen molar-refractivity contribution in [2.75, 3.05) is 7.11 Å². The number of aromatic nitrogens is 4. The minimum atomic E-state index is -0.171. The lowest BCUT2D eigenvalue weighted by Gasteiger charge is -2.10. The quantitative estimate of drug-likeness (QED) is 0.516. The number of hydrogen-bond acceptors (Lipinski definition) is 5. The average molecular weight is 438 g/mol. The standard InChI is InChI=1S/C20H16BrN5O2/c1-28-18-9-6-15(21)11-14(18)12-23-20(27)13-4-7-16(8-5-13)26-19-17(24-25-26)3-2-10-22-19/h2-11H,12H2,1H3,(H,23,27). The van der Waals surface area contributed by atoms with E-state index >= 15 is 0 Å². The smallest absolute Gasteiger partial charge is 0.251 e. The highest BCUT2D eigenvalue weighted by Gasteiger charge is 2.11. The van der Waals surface area contributed by atoms with Crippen LogP contribution in [0.25, 0.3) is 16.9 Å². The van der Waals surface area contributed by atoms with Gasteiger partial charge in [0, 0.05) is 28.3 Å². The van der Waals surface area contributed by atoms with Crippen molar-refractivity contribution in [1.29, 1.82) is 0 Å². The molecule has 0 aliphatic heterocycles. The van der Waals surface area contributed by atoms with Crippen molar-refractivity contribution < 1.29 is 9.53 Å². The van der Waals surface area contributed by atoms with Gasteiger partial charge in [-0.2, -0.15) is 4.68 Å². The molecule has 0 unspecified atom stereocenters. The molecule has 0 saturated carbocycles. The molecule has 28 heavy (non-hydrogen) atoms. The van der Waals surface area contributed by atoms with Crippen molar-refractivity contribution in [2.24, 2.45) is 0 Å². The second kappa shape index (κ2) is 7.77. The van der Waals surface area contributed by atoms with Gasteiger partial charge in [-0.15, -0.1) is 5.10 Å². The Balaban J connectivity index is 1.50. The Kier molecular flexibility index (Phi) is 5.03. The van der Waals surface area contributed by atoms with Crippen molar-refractivity contribution in [1.82, 2.24) is 25.3 Å². The summed E-state index contributed by atoms with van der Waals surface area (Å²) in [7, 11) is 1.61. The summed E-state index contributed by atoms with van der Waals surface area (Å²) >= 11 is 3.43. The van der Waals surface area contributed by atoms with E-state index in [9.17, 15) is 4.79 Å². The summed E-state index contributed by atoms with van der Waals surface area (Å²) in [4.78, 5) is 16.8. The van der Waals surface area contributed by atoms with Gasteiger partial charge in [0.1, 0.15) is 11.3 Å². The first-order valence-corrected chi connectivity index (χ1v) is 9.32. The first kappa shape index (κ1) is 18.1. The van der Waals surface area contributed by atoms with Crippen molar-refractivity contribution in [2.45, 2.75) is 6.54 Å². The van der Waals surface area contributed by atoms with Crippen LogP contribution in [0.2, 0.25) is 0 Å². The monoisotopic (exact) mass is 437 g/mol. The molecular weight excluding hydrogens is 422 g/mol. The molecule has 7 nitrogen and oxygen atoms in total. The maximum absolute atomic E-state index is 12.5. The lowest BCUT2D eigenvalue weighted by molar-refractivity contribution is 0.0950. The molecule has 4 aromatic rings. The third-order valence-corrected chi connectivity index (χ3v) is 4.76. The molecule has 0 saturated heterocycles. The molecular formula is C20H16BrN5O2. The van der Waals surface area contributed by atoms with Crippen LogP contribution in [0.3, 0.4) is 0 Å². The maximum atomic E-state index is 12.5. The summed E-state index contributed by atoms with van der Waals surface area (Å²) in [6, 6.07) is 16.5. The van der Waals surface area contributed by atoms with Gasteiger partial charge < -0.3 is 10.1 Å². The lowest BCUT2D eigenvalue weighted by atomic mass is 10.1. The number of carbonyl (C=O) groups excluding carboxylic acids is 1. The molecule has 0 aliphatic carbocycles. The van der Waals surface area contributed by atoms with Gasteiger partial charge in [-0.25, -0.2) is 4.98 Å². The molecule has 0 bridgehead atoms. The highest BCUT2D eigenvalue weighted by atomic mass is 79.9. The molecule has 2 heterocycles. The van der Waals surface area contributed by atoms with Crippen molar-refractivity contribution in [3.8, 4) is 11.4 Å². The summed E-state index contributed by atoms with van der Waals surface area (Å²) in [6.45, 7) is 0.362. The number of ether oxygens (including phenoxy) is 1. The molecule has 8 heteroatoms. The highest BCUT2D eigenvalue weighted by Crippen LogP contribution is 2.23. The Bertz CT molecular complexity index is 1140. The Morgan fingerprint density at radius 1 is 1.18 bits per heavy atom. The van der Waals surface area contributed by atoms with Crippen LogP contribution in [0.4, 0.5) is 0 Å². The fourth-order valence-corrected chi connectivity index (χ4v) is 3.26. The zero-order valence-electron chi connectivity index (χ0n) is 15.0. The van der Waals surface area contributed by atoms with Crippen molar-refractivity contribution >= 4 is 33.0 Å². The van der Waals surface area contributed by atoms with Crippen LogP contribution in [0.5, 0.6) is 5.75 Å². The van der Waals surface area contributed by atoms with E-state index in [0.29, 0.717) is 23.3 Å². The van der Waals surface area contributed by atoms with Crippen LogP contribution in [-0.2, 0) is 6.54 Å². The molecule has 1 N–H and O–H groups in total. The summed E-state index contributed by atoms with van der Waals surface area (Å²) in [5.74, 6) is 0.555. The van der Waals surface area contributed by atoms with Gasteiger partial charge >= 0.3 is 0 Å². The van der Waals surface area contributed by atoms with E-state index in [1.807, 2.05) is 42.5 Å². The number of amides is 1. The first-order chi connectivity index (χ1) is 13.7. The predicted octanol–water partition coefficient (Wildman–Crippen LogP) is 3.52. The molecule has 0 fully saturated rings. The molecule has 0 radical (unpaired) electrons. The molecule has 2 aromatic carbocycles. The molecule has 4 rings (SSSR count). The largest absolute Gasteiger partial charge is 0.496 e. The van der Waals surface area contributed by atoms with Gasteiger partial charge in [-0.05, 0) is 54.6 Å². The van der Waals surface area contributed by atoms with Crippen LogP contribution in [-0.4, -0.2) is 33.0 Å². The Morgan fingerprint density at radius 2 is 2.00 bits per heavy atom. The fourth-order valence-electron chi connectivity index (χ4n) is 2.86. The van der Waals surface area contributed by atoms with Crippen molar-refractivity contribution in [3.63, 3.8) is 0 Å². The normalized spacial score (nSPS) is 10.8. The highest BCUT2D eigenvalue weighted by molar-refractivity contribution is 9.10. The number of nitrogens with zero attached hydrogens (tertiary/aromatic N) is 4. The van der Waals surface area contributed by atoms with E-state index in [-0.39, 0.29) is 5.91 Å². The Labute approximate surface area is 169 Å². The summed E-state index contributed by atoms with van der Waals surface area (Å²) in [5, 5.41) is 11.1. The number of pyridine rings is 1. The molecule has 0 aliphatic rings. The van der Waals surface area contributed by atoms with Gasteiger partial charge in [-0.3, -0.25) is 4.79 Å². The topological polar surface area (TPSA) is 81.9 Å². The SMILES string of the molecule is COc1ccc(Br)cc1CNC(=O)c1ccc(-n2nnc3cccnc32)cc1. The first-order valence-electron chi connectivity index (χ1n) is 8.53. The van der Waals surface area contributed by atoms with E-state index in [0.717, 1.165) is 21.5 Å². The number of benzene rings is 2. The third kappa shape index (κ3) is 3.59. The van der Waals surface area contributed by atoms with E-state index in [2.05, 4.69) is 36.5 Å². The van der Waals surface area contributed by atoms with Gasteiger partial charge in [0.2, 0.25) is 0 Å². The molecule has 0 atom stereocenters. The molecule has 1 amide bonds. The van der Waals surface area contributed by atoms with Crippen LogP contribution < -0.4 is 10.1 Å². The van der Waals surface area contributed by atoms with E-state index in [1.165, 1.54) is 0 Å². The number of nitrogens with one attached hydrogen (secondary N) is 1. The predicted molar refractivity (Wildman–Crippen MR) is 109 cm³/mol.